The van der Waals surface area contributed by atoms with Crippen molar-refractivity contribution < 1.29 is 4.42 Å². The largest absolute Gasteiger partial charge is 0.469 e. The monoisotopic (exact) mass is 337 g/mol. The van der Waals surface area contributed by atoms with Crippen LogP contribution in [0.4, 0.5) is 5.69 Å². The molecule has 0 saturated carbocycles. The maximum absolute atomic E-state index is 12.0. The van der Waals surface area contributed by atoms with E-state index >= 15 is 0 Å². The molecule has 1 N–H and O–H groups in total. The number of nitrogens with one attached hydrogen (secondary N) is 1. The van der Waals surface area contributed by atoms with Gasteiger partial charge < -0.3 is 9.73 Å². The zero-order chi connectivity index (χ0) is 14.5. The summed E-state index contributed by atoms with van der Waals surface area (Å²) in [6, 6.07) is 3.90. The van der Waals surface area contributed by atoms with Crippen LogP contribution in [-0.2, 0) is 13.0 Å². The average Bonchev–Trinajstić information content (AvgIpc) is 2.91. The molecule has 2 aromatic rings. The van der Waals surface area contributed by atoms with E-state index in [9.17, 15) is 4.79 Å². The van der Waals surface area contributed by atoms with Crippen molar-refractivity contribution >= 4 is 21.6 Å². The van der Waals surface area contributed by atoms with Crippen molar-refractivity contribution in [3.8, 4) is 0 Å². The van der Waals surface area contributed by atoms with Gasteiger partial charge in [0.15, 0.2) is 0 Å². The van der Waals surface area contributed by atoms with Crippen LogP contribution in [0.1, 0.15) is 12.7 Å². The number of furan rings is 1. The second kappa shape index (κ2) is 6.56. The zero-order valence-electron chi connectivity index (χ0n) is 11.2. The van der Waals surface area contributed by atoms with Crippen molar-refractivity contribution in [2.75, 3.05) is 5.32 Å². The normalized spacial score (nSPS) is 12.1. The predicted molar refractivity (Wildman–Crippen MR) is 81.9 cm³/mol. The molecule has 0 bridgehead atoms. The summed E-state index contributed by atoms with van der Waals surface area (Å²) in [5.41, 5.74) is 0.495. The minimum atomic E-state index is -0.180. The van der Waals surface area contributed by atoms with Gasteiger partial charge >= 0.3 is 0 Å². The first kappa shape index (κ1) is 14.6. The van der Waals surface area contributed by atoms with E-state index in [0.29, 0.717) is 16.7 Å². The molecule has 0 spiro atoms. The highest BCUT2D eigenvalue weighted by Crippen LogP contribution is 2.18. The van der Waals surface area contributed by atoms with Crippen molar-refractivity contribution in [1.29, 1.82) is 0 Å². The molecule has 0 aliphatic carbocycles. The Morgan fingerprint density at radius 1 is 1.65 bits per heavy atom. The molecular weight excluding hydrogens is 322 g/mol. The molecule has 0 fully saturated rings. The third kappa shape index (κ3) is 3.39. The fourth-order valence-electron chi connectivity index (χ4n) is 1.87. The Kier molecular flexibility index (Phi) is 4.79. The topological polar surface area (TPSA) is 60.1 Å². The van der Waals surface area contributed by atoms with Crippen molar-refractivity contribution in [3.63, 3.8) is 0 Å². The molecule has 1 atom stereocenters. The van der Waals surface area contributed by atoms with Gasteiger partial charge in [0.25, 0.3) is 5.56 Å². The van der Waals surface area contributed by atoms with Crippen molar-refractivity contribution in [2.24, 2.45) is 0 Å². The van der Waals surface area contributed by atoms with Gasteiger partial charge in [0.05, 0.1) is 24.7 Å². The summed E-state index contributed by atoms with van der Waals surface area (Å²) in [4.78, 5) is 12.0. The van der Waals surface area contributed by atoms with Gasteiger partial charge in [-0.05, 0) is 35.0 Å². The Balaban J connectivity index is 2.11. The molecule has 0 saturated heterocycles. The molecule has 0 aliphatic rings. The van der Waals surface area contributed by atoms with E-state index in [1.807, 2.05) is 19.1 Å². The molecule has 0 amide bonds. The van der Waals surface area contributed by atoms with Crippen molar-refractivity contribution in [1.82, 2.24) is 9.78 Å². The number of nitrogens with zero attached hydrogens (tertiary/aromatic N) is 2. The van der Waals surface area contributed by atoms with Crippen LogP contribution in [0.15, 0.2) is 50.9 Å². The van der Waals surface area contributed by atoms with Crippen LogP contribution in [0, 0.1) is 0 Å². The first-order chi connectivity index (χ1) is 9.61. The summed E-state index contributed by atoms with van der Waals surface area (Å²) in [5.74, 6) is 0.897. The molecule has 20 heavy (non-hydrogen) atoms. The molecule has 0 aromatic carbocycles. The van der Waals surface area contributed by atoms with Gasteiger partial charge in [-0.15, -0.1) is 6.58 Å². The highest BCUT2D eigenvalue weighted by atomic mass is 79.9. The number of aromatic nitrogens is 2. The van der Waals surface area contributed by atoms with E-state index in [1.54, 1.807) is 18.5 Å². The summed E-state index contributed by atoms with van der Waals surface area (Å²) in [6.45, 7) is 6.00. The Morgan fingerprint density at radius 3 is 3.10 bits per heavy atom. The van der Waals surface area contributed by atoms with E-state index in [0.717, 1.165) is 12.2 Å². The first-order valence-electron chi connectivity index (χ1n) is 6.27. The van der Waals surface area contributed by atoms with Gasteiger partial charge in [-0.2, -0.15) is 5.10 Å². The van der Waals surface area contributed by atoms with Crippen molar-refractivity contribution in [2.45, 2.75) is 25.9 Å². The molecule has 0 radical (unpaired) electrons. The molecule has 6 heteroatoms. The third-order valence-electron chi connectivity index (χ3n) is 2.78. The van der Waals surface area contributed by atoms with Gasteiger partial charge in [0, 0.05) is 12.5 Å². The molecule has 106 valence electrons. The fourth-order valence-corrected chi connectivity index (χ4v) is 2.29. The summed E-state index contributed by atoms with van der Waals surface area (Å²) >= 11 is 3.31. The number of anilines is 1. The molecular formula is C14H16BrN3O2. The molecule has 2 heterocycles. The van der Waals surface area contributed by atoms with E-state index in [2.05, 4.69) is 32.9 Å². The SMILES string of the molecule is C=CCn1ncc(NC(C)Cc2ccco2)c(Br)c1=O. The van der Waals surface area contributed by atoms with Crippen LogP contribution in [0.5, 0.6) is 0 Å². The minimum absolute atomic E-state index is 0.119. The minimum Gasteiger partial charge on any atom is -0.469 e. The summed E-state index contributed by atoms with van der Waals surface area (Å²) < 4.78 is 7.12. The van der Waals surface area contributed by atoms with E-state index in [1.165, 1.54) is 4.68 Å². The number of halogens is 1. The molecule has 2 rings (SSSR count). The number of allylic oxidation sites excluding steroid dienone is 1. The van der Waals surface area contributed by atoms with E-state index in [-0.39, 0.29) is 11.6 Å². The van der Waals surface area contributed by atoms with Crippen LogP contribution in [0.2, 0.25) is 0 Å². The lowest BCUT2D eigenvalue weighted by atomic mass is 10.2. The predicted octanol–water partition coefficient (Wildman–Crippen LogP) is 2.83. The highest BCUT2D eigenvalue weighted by Gasteiger charge is 2.11. The van der Waals surface area contributed by atoms with Crippen LogP contribution in [-0.4, -0.2) is 15.8 Å². The smallest absolute Gasteiger partial charge is 0.283 e. The number of hydrogen-bond acceptors (Lipinski definition) is 4. The Morgan fingerprint density at radius 2 is 2.45 bits per heavy atom. The Hall–Kier alpha value is -1.82. The molecule has 2 aromatic heterocycles. The van der Waals surface area contributed by atoms with E-state index < -0.39 is 0 Å². The summed E-state index contributed by atoms with van der Waals surface area (Å²) in [6.07, 6.45) is 5.65. The van der Waals surface area contributed by atoms with Crippen LogP contribution in [0.25, 0.3) is 0 Å². The van der Waals surface area contributed by atoms with E-state index in [4.69, 9.17) is 4.42 Å². The lowest BCUT2D eigenvalue weighted by molar-refractivity contribution is 0.497. The highest BCUT2D eigenvalue weighted by molar-refractivity contribution is 9.10. The fraction of sp³-hybridized carbons (Fsp3) is 0.286. The second-order valence-electron chi connectivity index (χ2n) is 4.48. The van der Waals surface area contributed by atoms with Gasteiger partial charge in [-0.3, -0.25) is 4.79 Å². The third-order valence-corrected chi connectivity index (χ3v) is 3.54. The molecule has 5 nitrogen and oxygen atoms in total. The first-order valence-corrected chi connectivity index (χ1v) is 7.06. The average molecular weight is 338 g/mol. The maximum atomic E-state index is 12.0. The summed E-state index contributed by atoms with van der Waals surface area (Å²) in [5, 5.41) is 7.35. The van der Waals surface area contributed by atoms with Gasteiger partial charge in [0.2, 0.25) is 0 Å². The van der Waals surface area contributed by atoms with Gasteiger partial charge in [-0.1, -0.05) is 6.08 Å². The number of hydrogen-bond donors (Lipinski definition) is 1. The quantitative estimate of drug-likeness (QED) is 0.823. The lowest BCUT2D eigenvalue weighted by Gasteiger charge is -2.15. The van der Waals surface area contributed by atoms with Gasteiger partial charge in [-0.25, -0.2) is 4.68 Å². The summed E-state index contributed by atoms with van der Waals surface area (Å²) in [7, 11) is 0. The van der Waals surface area contributed by atoms with Gasteiger partial charge in [0.1, 0.15) is 10.2 Å². The van der Waals surface area contributed by atoms with Crippen molar-refractivity contribution in [3.05, 3.63) is 57.8 Å². The maximum Gasteiger partial charge on any atom is 0.283 e. The van der Waals surface area contributed by atoms with Crippen LogP contribution in [0.3, 0.4) is 0 Å². The standard InChI is InChI=1S/C14H16BrN3O2/c1-3-6-18-14(19)13(15)12(9-16-18)17-10(2)8-11-5-4-7-20-11/h3-5,7,9-10,17H,1,6,8H2,2H3. The zero-order valence-corrected chi connectivity index (χ0v) is 12.8. The second-order valence-corrected chi connectivity index (χ2v) is 5.27. The number of rotatable bonds is 6. The molecule has 0 aliphatic heterocycles. The molecule has 1 unspecified atom stereocenters. The van der Waals surface area contributed by atoms with Crippen LogP contribution < -0.4 is 10.9 Å². The lowest BCUT2D eigenvalue weighted by Crippen LogP contribution is -2.26. The van der Waals surface area contributed by atoms with Crippen LogP contribution >= 0.6 is 15.9 Å². The Bertz CT molecular complexity index is 634. The Labute approximate surface area is 125 Å².